The molecule has 0 aromatic heterocycles. The normalized spacial score (nSPS) is 11.0. The van der Waals surface area contributed by atoms with Gasteiger partial charge in [0.2, 0.25) is 0 Å². The number of hydrogen-bond acceptors (Lipinski definition) is 8. The van der Waals surface area contributed by atoms with Crippen molar-refractivity contribution in [3.8, 4) is 23.0 Å². The maximum absolute atomic E-state index is 11.7. The van der Waals surface area contributed by atoms with Crippen molar-refractivity contribution >= 4 is 47.6 Å². The Kier molecular flexibility index (Phi) is 15.8. The van der Waals surface area contributed by atoms with Crippen LogP contribution in [-0.2, 0) is 34.1 Å². The number of aliphatic imine (C=N–C) groups is 4. The zero-order valence-electron chi connectivity index (χ0n) is 28.0. The van der Waals surface area contributed by atoms with Crippen LogP contribution < -0.4 is 20.4 Å². The van der Waals surface area contributed by atoms with Gasteiger partial charge in [-0.1, -0.05) is 109 Å². The molecule has 0 spiro atoms. The largest absolute Gasteiger partial charge is 2.00 e. The van der Waals surface area contributed by atoms with Crippen LogP contribution in [0.15, 0.2) is 153 Å². The molecule has 0 N–H and O–H groups in total. The second kappa shape index (κ2) is 20.2. The molecule has 0 atom stereocenters. The average Bonchev–Trinajstić information content (AvgIpc) is 3.12. The third kappa shape index (κ3) is 11.7. The minimum Gasteiger partial charge on any atom is -0.872 e. The van der Waals surface area contributed by atoms with Crippen molar-refractivity contribution < 1.29 is 54.6 Å². The van der Waals surface area contributed by atoms with Gasteiger partial charge in [0.05, 0.1) is 22.7 Å². The Balaban J connectivity index is 0.000000270. The summed E-state index contributed by atoms with van der Waals surface area (Å²) >= 11 is 0. The Labute approximate surface area is 324 Å². The van der Waals surface area contributed by atoms with Crippen molar-refractivity contribution in [2.24, 2.45) is 20.0 Å². The van der Waals surface area contributed by atoms with E-state index in [1.165, 1.54) is 24.3 Å². The number of nitrogens with zero attached hydrogens (tertiary/aromatic N) is 4. The molecule has 0 aliphatic rings. The van der Waals surface area contributed by atoms with Gasteiger partial charge in [-0.25, -0.2) is 0 Å². The smallest absolute Gasteiger partial charge is 0.872 e. The molecule has 0 saturated heterocycles. The van der Waals surface area contributed by atoms with Gasteiger partial charge in [-0.3, -0.25) is 20.0 Å². The molecule has 0 fully saturated rings. The summed E-state index contributed by atoms with van der Waals surface area (Å²) in [5.74, 6) is -0.261. The molecule has 0 amide bonds. The van der Waals surface area contributed by atoms with Crippen LogP contribution in [0.2, 0.25) is 0 Å². The van der Waals surface area contributed by atoms with Crippen LogP contribution in [0.25, 0.3) is 0 Å². The third-order valence-corrected chi connectivity index (χ3v) is 7.45. The zero-order valence-corrected chi connectivity index (χ0v) is 29.9. The number of rotatable bonds is 8. The fraction of sp³-hybridized carbons (Fsp3) is 0.0476. The summed E-state index contributed by atoms with van der Waals surface area (Å²) in [6, 6.07) is 38.1. The molecule has 6 aromatic carbocycles. The van der Waals surface area contributed by atoms with Gasteiger partial charge < -0.3 is 20.4 Å². The molecule has 8 nitrogen and oxygen atoms in total. The summed E-state index contributed by atoms with van der Waals surface area (Å²) in [7, 11) is 0. The van der Waals surface area contributed by atoms with E-state index in [1.807, 2.05) is 50.2 Å². The topological polar surface area (TPSA) is 142 Å². The molecule has 10 heteroatoms. The minimum absolute atomic E-state index is 0. The van der Waals surface area contributed by atoms with Crippen LogP contribution in [0.5, 0.6) is 23.0 Å². The SMILES string of the molecule is Cc1ccc(N=Cc2ccccc2[O-])cc1N=Cc1ccccc1[O-].Cc1ccc(N=Cc2ccccc2[O-])cc1N=Cc1ccccc1[O-].[Cu+2].[Cu+2]. The maximum atomic E-state index is 11.7. The van der Waals surface area contributed by atoms with Crippen molar-refractivity contribution in [1.29, 1.82) is 0 Å². The number of para-hydroxylation sites is 4. The van der Waals surface area contributed by atoms with Gasteiger partial charge in [0.15, 0.2) is 0 Å². The molecule has 2 radical (unpaired) electrons. The van der Waals surface area contributed by atoms with Crippen LogP contribution in [-0.4, -0.2) is 24.9 Å². The van der Waals surface area contributed by atoms with Gasteiger partial charge in [-0.15, -0.1) is 23.0 Å². The van der Waals surface area contributed by atoms with E-state index >= 15 is 0 Å². The number of benzene rings is 6. The van der Waals surface area contributed by atoms with E-state index in [2.05, 4.69) is 20.0 Å². The second-order valence-electron chi connectivity index (χ2n) is 11.1. The van der Waals surface area contributed by atoms with E-state index in [0.29, 0.717) is 33.6 Å². The number of hydrogen-bond donors (Lipinski definition) is 0. The van der Waals surface area contributed by atoms with Crippen LogP contribution >= 0.6 is 0 Å². The summed E-state index contributed by atoms with van der Waals surface area (Å²) in [6.07, 6.45) is 6.22. The van der Waals surface area contributed by atoms with E-state index < -0.39 is 0 Å². The number of aryl methyl sites for hydroxylation is 2. The van der Waals surface area contributed by atoms with E-state index in [-0.39, 0.29) is 57.1 Å². The van der Waals surface area contributed by atoms with Gasteiger partial charge >= 0.3 is 34.1 Å². The Bertz CT molecular complexity index is 2060. The van der Waals surface area contributed by atoms with E-state index in [0.717, 1.165) is 22.5 Å². The molecule has 266 valence electrons. The average molecular weight is 784 g/mol. The predicted octanol–water partition coefficient (Wildman–Crippen LogP) is 7.28. The van der Waals surface area contributed by atoms with Crippen LogP contribution in [0.1, 0.15) is 33.4 Å². The molecule has 6 aromatic rings. The first kappa shape index (κ1) is 40.7. The van der Waals surface area contributed by atoms with Crippen molar-refractivity contribution in [3.63, 3.8) is 0 Å². The predicted molar refractivity (Wildman–Crippen MR) is 195 cm³/mol. The van der Waals surface area contributed by atoms with Gasteiger partial charge in [0, 0.05) is 24.9 Å². The first-order valence-corrected chi connectivity index (χ1v) is 15.7. The van der Waals surface area contributed by atoms with Gasteiger partial charge in [-0.2, -0.15) is 0 Å². The van der Waals surface area contributed by atoms with E-state index in [1.54, 1.807) is 97.7 Å². The molecular weight excluding hydrogens is 752 g/mol. The van der Waals surface area contributed by atoms with Gasteiger partial charge in [-0.05, 0) is 71.5 Å². The van der Waals surface area contributed by atoms with Crippen molar-refractivity contribution in [1.82, 2.24) is 0 Å². The molecule has 0 unspecified atom stereocenters. The standard InChI is InChI=1S/2C21H18N2O2.2Cu/c2*1-15-10-11-18(22-13-16-6-2-4-8-20(16)24)12-19(15)23-14-17-7-3-5-9-21(17)25;;/h2*2-14,24-25H,1H3;;/q;;2*+2/p-4. The van der Waals surface area contributed by atoms with Crippen LogP contribution in [0.4, 0.5) is 22.7 Å². The Morgan fingerprint density at radius 3 is 0.923 bits per heavy atom. The van der Waals surface area contributed by atoms with Gasteiger partial charge in [0.25, 0.3) is 0 Å². The Hall–Kier alpha value is -5.76. The summed E-state index contributed by atoms with van der Waals surface area (Å²) in [5.41, 5.74) is 6.94. The van der Waals surface area contributed by atoms with Crippen LogP contribution in [0, 0.1) is 13.8 Å². The molecular formula is C42H32Cu2N4O4. The Morgan fingerprint density at radius 1 is 0.365 bits per heavy atom. The summed E-state index contributed by atoms with van der Waals surface area (Å²) in [5, 5.41) is 46.9. The molecule has 52 heavy (non-hydrogen) atoms. The fourth-order valence-electron chi connectivity index (χ4n) is 4.55. The quantitative estimate of drug-likeness (QED) is 0.118. The monoisotopic (exact) mass is 782 g/mol. The molecule has 0 aliphatic carbocycles. The first-order valence-electron chi connectivity index (χ1n) is 15.7. The zero-order chi connectivity index (χ0) is 35.3. The maximum Gasteiger partial charge on any atom is 2.00 e. The summed E-state index contributed by atoms with van der Waals surface area (Å²) < 4.78 is 0. The van der Waals surface area contributed by atoms with Gasteiger partial charge in [0.1, 0.15) is 0 Å². The minimum atomic E-state index is -0.0661. The Morgan fingerprint density at radius 2 is 0.635 bits per heavy atom. The van der Waals surface area contributed by atoms with E-state index in [9.17, 15) is 20.4 Å². The van der Waals surface area contributed by atoms with Crippen molar-refractivity contribution in [3.05, 3.63) is 167 Å². The third-order valence-electron chi connectivity index (χ3n) is 7.45. The van der Waals surface area contributed by atoms with Crippen molar-refractivity contribution in [2.75, 3.05) is 0 Å². The van der Waals surface area contributed by atoms with E-state index in [4.69, 9.17) is 0 Å². The second-order valence-corrected chi connectivity index (χ2v) is 11.1. The molecule has 0 aliphatic heterocycles. The van der Waals surface area contributed by atoms with Crippen molar-refractivity contribution in [2.45, 2.75) is 13.8 Å². The molecule has 0 heterocycles. The first-order chi connectivity index (χ1) is 24.3. The summed E-state index contributed by atoms with van der Waals surface area (Å²) in [6.45, 7) is 3.88. The molecule has 0 bridgehead atoms. The fourth-order valence-corrected chi connectivity index (χ4v) is 4.55. The molecule has 0 saturated carbocycles. The summed E-state index contributed by atoms with van der Waals surface area (Å²) in [4.78, 5) is 17.5. The molecule has 6 rings (SSSR count). The van der Waals surface area contributed by atoms with Crippen LogP contribution in [0.3, 0.4) is 0 Å².